The summed E-state index contributed by atoms with van der Waals surface area (Å²) in [5, 5.41) is 0. The van der Waals surface area contributed by atoms with Crippen LogP contribution in [0.2, 0.25) is 0 Å². The van der Waals surface area contributed by atoms with Crippen LogP contribution in [0.15, 0.2) is 0 Å². The molecular formula is C9H20N2O2S. The fourth-order valence-electron chi connectivity index (χ4n) is 1.41. The van der Waals surface area contributed by atoms with Gasteiger partial charge in [0.15, 0.2) is 0 Å². The smallest absolute Gasteiger partial charge is 0.211 e. The van der Waals surface area contributed by atoms with Crippen LogP contribution in [-0.2, 0) is 10.0 Å². The molecule has 0 aromatic rings. The zero-order valence-corrected chi connectivity index (χ0v) is 9.68. The van der Waals surface area contributed by atoms with Crippen molar-refractivity contribution in [3.8, 4) is 0 Å². The molecule has 1 rings (SSSR count). The molecular weight excluding hydrogens is 200 g/mol. The van der Waals surface area contributed by atoms with E-state index in [2.05, 4.69) is 4.72 Å². The highest BCUT2D eigenvalue weighted by molar-refractivity contribution is 7.89. The summed E-state index contributed by atoms with van der Waals surface area (Å²) in [7, 11) is -3.11. The summed E-state index contributed by atoms with van der Waals surface area (Å²) >= 11 is 0. The van der Waals surface area contributed by atoms with Crippen molar-refractivity contribution in [2.45, 2.75) is 32.7 Å². The van der Waals surface area contributed by atoms with Crippen LogP contribution in [0.3, 0.4) is 0 Å². The maximum absolute atomic E-state index is 11.4. The molecule has 0 aliphatic heterocycles. The second-order valence-corrected chi connectivity index (χ2v) is 6.38. The molecule has 4 nitrogen and oxygen atoms in total. The zero-order valence-electron chi connectivity index (χ0n) is 8.86. The van der Waals surface area contributed by atoms with Crippen molar-refractivity contribution >= 4 is 10.0 Å². The van der Waals surface area contributed by atoms with Crippen LogP contribution in [0.5, 0.6) is 0 Å². The number of rotatable bonds is 6. The Kier molecular flexibility index (Phi) is 3.92. The van der Waals surface area contributed by atoms with Gasteiger partial charge in [0.1, 0.15) is 0 Å². The lowest BCUT2D eigenvalue weighted by atomic mass is 10.2. The van der Waals surface area contributed by atoms with E-state index < -0.39 is 10.0 Å². The molecule has 1 aliphatic rings. The van der Waals surface area contributed by atoms with Crippen molar-refractivity contribution in [3.63, 3.8) is 0 Å². The van der Waals surface area contributed by atoms with Crippen molar-refractivity contribution in [1.29, 1.82) is 0 Å². The first-order valence-corrected chi connectivity index (χ1v) is 6.79. The third-order valence-electron chi connectivity index (χ3n) is 2.32. The average Bonchev–Trinajstić information content (AvgIpc) is 2.79. The predicted octanol–water partition coefficient (Wildman–Crippen LogP) is 0.299. The van der Waals surface area contributed by atoms with E-state index in [1.807, 2.05) is 13.8 Å². The molecule has 14 heavy (non-hydrogen) atoms. The van der Waals surface area contributed by atoms with Crippen LogP contribution in [0.1, 0.15) is 26.7 Å². The Hall–Kier alpha value is -0.130. The van der Waals surface area contributed by atoms with E-state index in [1.165, 1.54) is 0 Å². The highest BCUT2D eigenvalue weighted by Gasteiger charge is 2.29. The Bertz CT molecular complexity index is 271. The van der Waals surface area contributed by atoms with Gasteiger partial charge in [0.05, 0.1) is 5.75 Å². The fourth-order valence-corrected chi connectivity index (χ4v) is 2.85. The summed E-state index contributed by atoms with van der Waals surface area (Å²) in [4.78, 5) is 0. The lowest BCUT2D eigenvalue weighted by molar-refractivity contribution is 0.540. The van der Waals surface area contributed by atoms with E-state index in [0.717, 1.165) is 12.8 Å². The minimum Gasteiger partial charge on any atom is -0.326 e. The molecule has 1 unspecified atom stereocenters. The van der Waals surface area contributed by atoms with Crippen molar-refractivity contribution in [1.82, 2.24) is 4.72 Å². The van der Waals surface area contributed by atoms with Gasteiger partial charge in [-0.25, -0.2) is 13.1 Å². The molecule has 1 atom stereocenters. The van der Waals surface area contributed by atoms with Gasteiger partial charge in [-0.15, -0.1) is 0 Å². The van der Waals surface area contributed by atoms with Gasteiger partial charge in [0, 0.05) is 12.6 Å². The maximum atomic E-state index is 11.4. The van der Waals surface area contributed by atoms with Gasteiger partial charge in [-0.05, 0) is 24.7 Å². The molecule has 0 radical (unpaired) electrons. The van der Waals surface area contributed by atoms with Gasteiger partial charge in [0.2, 0.25) is 10.0 Å². The Morgan fingerprint density at radius 3 is 2.43 bits per heavy atom. The third kappa shape index (κ3) is 4.39. The second kappa shape index (κ2) is 4.59. The lowest BCUT2D eigenvalue weighted by Gasteiger charge is -2.12. The fraction of sp³-hybridized carbons (Fsp3) is 1.00. The van der Waals surface area contributed by atoms with Crippen LogP contribution in [0, 0.1) is 11.8 Å². The largest absolute Gasteiger partial charge is 0.326 e. The number of hydrogen-bond donors (Lipinski definition) is 2. The second-order valence-electron chi connectivity index (χ2n) is 4.53. The molecule has 3 N–H and O–H groups in total. The molecule has 5 heteroatoms. The highest BCUT2D eigenvalue weighted by atomic mass is 32.2. The monoisotopic (exact) mass is 220 g/mol. The molecule has 0 saturated heterocycles. The maximum Gasteiger partial charge on any atom is 0.211 e. The van der Waals surface area contributed by atoms with E-state index in [1.54, 1.807) is 0 Å². The normalized spacial score (nSPS) is 20.0. The number of nitrogens with one attached hydrogen (secondary N) is 1. The first kappa shape index (κ1) is 11.9. The first-order valence-electron chi connectivity index (χ1n) is 5.13. The molecule has 0 aromatic carbocycles. The van der Waals surface area contributed by atoms with Gasteiger partial charge in [0.25, 0.3) is 0 Å². The summed E-state index contributed by atoms with van der Waals surface area (Å²) in [6.07, 6.45) is 2.29. The minimum atomic E-state index is -3.11. The van der Waals surface area contributed by atoms with Crippen LogP contribution in [-0.4, -0.2) is 26.8 Å². The van der Waals surface area contributed by atoms with Crippen molar-refractivity contribution < 1.29 is 8.42 Å². The summed E-state index contributed by atoms with van der Waals surface area (Å²) in [6, 6.07) is -0.00284. The van der Waals surface area contributed by atoms with Crippen LogP contribution in [0.4, 0.5) is 0 Å². The summed E-state index contributed by atoms with van der Waals surface area (Å²) in [5.74, 6) is 0.881. The van der Waals surface area contributed by atoms with Crippen LogP contribution in [0.25, 0.3) is 0 Å². The van der Waals surface area contributed by atoms with Crippen molar-refractivity contribution in [3.05, 3.63) is 0 Å². The van der Waals surface area contributed by atoms with Gasteiger partial charge in [-0.2, -0.15) is 0 Å². The molecule has 0 spiro atoms. The SMILES string of the molecule is CC(C)CS(=O)(=O)NCC(N)C1CC1. The quantitative estimate of drug-likeness (QED) is 0.676. The van der Waals surface area contributed by atoms with Crippen molar-refractivity contribution in [2.75, 3.05) is 12.3 Å². The van der Waals surface area contributed by atoms with E-state index in [9.17, 15) is 8.42 Å². The van der Waals surface area contributed by atoms with Gasteiger partial charge in [-0.1, -0.05) is 13.8 Å². The minimum absolute atomic E-state index is 0.00284. The van der Waals surface area contributed by atoms with E-state index in [4.69, 9.17) is 5.73 Å². The number of hydrogen-bond acceptors (Lipinski definition) is 3. The zero-order chi connectivity index (χ0) is 10.8. The number of nitrogens with two attached hydrogens (primary N) is 1. The third-order valence-corrected chi connectivity index (χ3v) is 4.03. The highest BCUT2D eigenvalue weighted by Crippen LogP contribution is 2.31. The molecule has 1 saturated carbocycles. The molecule has 0 aromatic heterocycles. The Balaban J connectivity index is 2.28. The number of sulfonamides is 1. The Labute approximate surface area is 86.3 Å². The standard InChI is InChI=1S/C9H20N2O2S/c1-7(2)6-14(12,13)11-5-9(10)8-3-4-8/h7-9,11H,3-6,10H2,1-2H3. The van der Waals surface area contributed by atoms with Gasteiger partial charge in [-0.3, -0.25) is 0 Å². The van der Waals surface area contributed by atoms with E-state index >= 15 is 0 Å². The average molecular weight is 220 g/mol. The molecule has 1 aliphatic carbocycles. The predicted molar refractivity (Wildman–Crippen MR) is 57.3 cm³/mol. The van der Waals surface area contributed by atoms with Gasteiger partial charge >= 0.3 is 0 Å². The van der Waals surface area contributed by atoms with Crippen molar-refractivity contribution in [2.24, 2.45) is 17.6 Å². The van der Waals surface area contributed by atoms with E-state index in [0.29, 0.717) is 12.5 Å². The molecule has 1 fully saturated rings. The lowest BCUT2D eigenvalue weighted by Crippen LogP contribution is -2.40. The molecule has 0 bridgehead atoms. The van der Waals surface area contributed by atoms with Crippen LogP contribution < -0.4 is 10.5 Å². The Morgan fingerprint density at radius 2 is 2.00 bits per heavy atom. The summed E-state index contributed by atoms with van der Waals surface area (Å²) in [6.45, 7) is 4.17. The molecule has 0 amide bonds. The Morgan fingerprint density at radius 1 is 1.43 bits per heavy atom. The van der Waals surface area contributed by atoms with Crippen LogP contribution >= 0.6 is 0 Å². The topological polar surface area (TPSA) is 72.2 Å². The van der Waals surface area contributed by atoms with Gasteiger partial charge < -0.3 is 5.73 Å². The summed E-state index contributed by atoms with van der Waals surface area (Å²) < 4.78 is 25.4. The van der Waals surface area contributed by atoms with E-state index in [-0.39, 0.29) is 17.7 Å². The molecule has 84 valence electrons. The first-order chi connectivity index (χ1) is 6.41. The molecule has 0 heterocycles. The summed E-state index contributed by atoms with van der Waals surface area (Å²) in [5.41, 5.74) is 5.79.